The number of aromatic nitrogens is 3. The summed E-state index contributed by atoms with van der Waals surface area (Å²) in [6.07, 6.45) is 2.37. The lowest BCUT2D eigenvalue weighted by atomic mass is 10.2. The first kappa shape index (κ1) is 17.4. The summed E-state index contributed by atoms with van der Waals surface area (Å²) < 4.78 is 1.90. The number of nitro benzene ring substituents is 1. The number of thioether (sulfide) groups is 1. The van der Waals surface area contributed by atoms with Crippen LogP contribution in [0.2, 0.25) is 0 Å². The Bertz CT molecular complexity index is 986. The van der Waals surface area contributed by atoms with E-state index in [2.05, 4.69) is 10.2 Å². The first-order valence-corrected chi connectivity index (χ1v) is 9.46. The van der Waals surface area contributed by atoms with E-state index >= 15 is 0 Å². The second-order valence-electron chi connectivity index (χ2n) is 6.25. The summed E-state index contributed by atoms with van der Waals surface area (Å²) in [6.45, 7) is 0. The molecule has 8 heteroatoms. The molecule has 1 atom stereocenters. The maximum Gasteiger partial charge on any atom is 0.269 e. The summed E-state index contributed by atoms with van der Waals surface area (Å²) in [6, 6.07) is 15.9. The number of nitrogens with zero attached hydrogens (tertiary/aromatic N) is 4. The number of non-ortho nitro benzene ring substituents is 1. The molecule has 0 spiro atoms. The van der Waals surface area contributed by atoms with Crippen LogP contribution in [0.4, 0.5) is 5.69 Å². The van der Waals surface area contributed by atoms with Crippen molar-refractivity contribution in [1.82, 2.24) is 14.8 Å². The van der Waals surface area contributed by atoms with Gasteiger partial charge in [-0.15, -0.1) is 10.2 Å². The van der Waals surface area contributed by atoms with Crippen LogP contribution in [0.15, 0.2) is 59.8 Å². The first-order chi connectivity index (χ1) is 13.1. The Hall–Kier alpha value is -3.00. The summed E-state index contributed by atoms with van der Waals surface area (Å²) in [4.78, 5) is 22.5. The lowest BCUT2D eigenvalue weighted by Gasteiger charge is -2.12. The number of hydrogen-bond donors (Lipinski definition) is 0. The molecule has 1 aliphatic carbocycles. The van der Waals surface area contributed by atoms with Gasteiger partial charge in [-0.05, 0) is 37.1 Å². The van der Waals surface area contributed by atoms with Crippen molar-refractivity contribution >= 4 is 23.2 Å². The standard InChI is InChI=1S/C19H16N4O3S/c24-16-7-4-8-17(16)27-19-21-20-18(22(19)14-5-2-1-3-6-14)13-9-11-15(12-10-13)23(25)26/h1-3,5-6,9-12,17H,4,7-8H2. The lowest BCUT2D eigenvalue weighted by Crippen LogP contribution is -2.10. The molecule has 0 N–H and O–H groups in total. The second kappa shape index (κ2) is 7.32. The van der Waals surface area contributed by atoms with Gasteiger partial charge in [0.05, 0.1) is 10.2 Å². The predicted molar refractivity (Wildman–Crippen MR) is 102 cm³/mol. The molecule has 1 saturated carbocycles. The number of nitro groups is 1. The molecule has 1 aliphatic rings. The Balaban J connectivity index is 1.77. The molecule has 27 heavy (non-hydrogen) atoms. The molecule has 136 valence electrons. The number of rotatable bonds is 5. The van der Waals surface area contributed by atoms with Gasteiger partial charge in [-0.2, -0.15) is 0 Å². The molecule has 7 nitrogen and oxygen atoms in total. The largest absolute Gasteiger partial charge is 0.298 e. The second-order valence-corrected chi connectivity index (χ2v) is 7.42. The highest BCUT2D eigenvalue weighted by Gasteiger charge is 2.28. The van der Waals surface area contributed by atoms with Crippen molar-refractivity contribution in [3.63, 3.8) is 0 Å². The minimum atomic E-state index is -0.432. The predicted octanol–water partition coefficient (Wildman–Crippen LogP) is 4.06. The molecule has 0 aliphatic heterocycles. The molecule has 1 unspecified atom stereocenters. The zero-order valence-corrected chi connectivity index (χ0v) is 15.1. The number of para-hydroxylation sites is 1. The lowest BCUT2D eigenvalue weighted by molar-refractivity contribution is -0.384. The quantitative estimate of drug-likeness (QED) is 0.490. The van der Waals surface area contributed by atoms with Crippen molar-refractivity contribution in [1.29, 1.82) is 0 Å². The number of carbonyl (C=O) groups is 1. The topological polar surface area (TPSA) is 90.9 Å². The Kier molecular flexibility index (Phi) is 4.72. The molecule has 0 saturated heterocycles. The molecular formula is C19H16N4O3S. The third-order valence-corrected chi connectivity index (χ3v) is 5.74. The molecule has 0 radical (unpaired) electrons. The highest BCUT2D eigenvalue weighted by Crippen LogP contribution is 2.35. The minimum Gasteiger partial charge on any atom is -0.298 e. The average Bonchev–Trinajstić information content (AvgIpc) is 3.29. The van der Waals surface area contributed by atoms with Gasteiger partial charge in [0.15, 0.2) is 11.0 Å². The Morgan fingerprint density at radius 2 is 1.81 bits per heavy atom. The molecule has 3 aromatic rings. The van der Waals surface area contributed by atoms with E-state index in [-0.39, 0.29) is 16.7 Å². The van der Waals surface area contributed by atoms with Crippen LogP contribution < -0.4 is 0 Å². The van der Waals surface area contributed by atoms with Gasteiger partial charge in [-0.25, -0.2) is 0 Å². The van der Waals surface area contributed by atoms with Crippen molar-refractivity contribution < 1.29 is 9.72 Å². The fourth-order valence-electron chi connectivity index (χ4n) is 3.11. The highest BCUT2D eigenvalue weighted by atomic mass is 32.2. The molecule has 1 aromatic heterocycles. The van der Waals surface area contributed by atoms with E-state index in [0.29, 0.717) is 17.4 Å². The highest BCUT2D eigenvalue weighted by molar-refractivity contribution is 8.00. The fourth-order valence-corrected chi connectivity index (χ4v) is 4.28. The minimum absolute atomic E-state index is 0.0238. The molecule has 0 bridgehead atoms. The van der Waals surface area contributed by atoms with Gasteiger partial charge in [-0.3, -0.25) is 19.5 Å². The summed E-state index contributed by atoms with van der Waals surface area (Å²) in [7, 11) is 0. The van der Waals surface area contributed by atoms with Crippen LogP contribution in [0.25, 0.3) is 17.1 Å². The van der Waals surface area contributed by atoms with Crippen LogP contribution in [-0.4, -0.2) is 30.7 Å². The van der Waals surface area contributed by atoms with Gasteiger partial charge in [-0.1, -0.05) is 30.0 Å². The number of Topliss-reactive ketones (excluding diaryl/α,β-unsaturated/α-hetero) is 1. The zero-order chi connectivity index (χ0) is 18.8. The smallest absolute Gasteiger partial charge is 0.269 e. The third-order valence-electron chi connectivity index (χ3n) is 4.48. The molecular weight excluding hydrogens is 364 g/mol. The monoisotopic (exact) mass is 380 g/mol. The van der Waals surface area contributed by atoms with E-state index in [1.54, 1.807) is 12.1 Å². The van der Waals surface area contributed by atoms with Crippen LogP contribution in [-0.2, 0) is 4.79 Å². The maximum absolute atomic E-state index is 12.1. The summed E-state index contributed by atoms with van der Waals surface area (Å²) >= 11 is 1.44. The summed E-state index contributed by atoms with van der Waals surface area (Å²) in [5.41, 5.74) is 1.63. The Labute approximate surface area is 159 Å². The van der Waals surface area contributed by atoms with Crippen LogP contribution >= 0.6 is 11.8 Å². The van der Waals surface area contributed by atoms with E-state index in [0.717, 1.165) is 24.1 Å². The van der Waals surface area contributed by atoms with E-state index in [9.17, 15) is 14.9 Å². The van der Waals surface area contributed by atoms with Crippen molar-refractivity contribution in [2.45, 2.75) is 29.7 Å². The number of benzene rings is 2. The van der Waals surface area contributed by atoms with Gasteiger partial charge in [0, 0.05) is 29.8 Å². The van der Waals surface area contributed by atoms with Crippen molar-refractivity contribution in [3.8, 4) is 17.1 Å². The van der Waals surface area contributed by atoms with Crippen molar-refractivity contribution in [2.75, 3.05) is 0 Å². The molecule has 1 fully saturated rings. The average molecular weight is 380 g/mol. The number of ketones is 1. The summed E-state index contributed by atoms with van der Waals surface area (Å²) in [5.74, 6) is 0.837. The van der Waals surface area contributed by atoms with Gasteiger partial charge in [0.1, 0.15) is 5.78 Å². The van der Waals surface area contributed by atoms with E-state index in [4.69, 9.17) is 0 Å². The van der Waals surface area contributed by atoms with Crippen molar-refractivity contribution in [3.05, 3.63) is 64.7 Å². The third kappa shape index (κ3) is 3.48. The van der Waals surface area contributed by atoms with Gasteiger partial charge >= 0.3 is 0 Å². The SMILES string of the molecule is O=C1CCCC1Sc1nnc(-c2ccc([N+](=O)[O-])cc2)n1-c1ccccc1. The van der Waals surface area contributed by atoms with Crippen LogP contribution in [0, 0.1) is 10.1 Å². The summed E-state index contributed by atoms with van der Waals surface area (Å²) in [5, 5.41) is 20.1. The van der Waals surface area contributed by atoms with Gasteiger partial charge in [0.25, 0.3) is 5.69 Å². The maximum atomic E-state index is 12.1. The van der Waals surface area contributed by atoms with E-state index < -0.39 is 4.92 Å². The van der Waals surface area contributed by atoms with Crippen LogP contribution in [0.1, 0.15) is 19.3 Å². The molecule has 4 rings (SSSR count). The van der Waals surface area contributed by atoms with Crippen LogP contribution in [0.3, 0.4) is 0 Å². The molecule has 1 heterocycles. The first-order valence-electron chi connectivity index (χ1n) is 8.58. The Morgan fingerprint density at radius 1 is 1.07 bits per heavy atom. The normalized spacial score (nSPS) is 16.6. The van der Waals surface area contributed by atoms with Crippen LogP contribution in [0.5, 0.6) is 0 Å². The van der Waals surface area contributed by atoms with E-state index in [1.165, 1.54) is 23.9 Å². The molecule has 0 amide bonds. The molecule has 2 aromatic carbocycles. The van der Waals surface area contributed by atoms with Crippen molar-refractivity contribution in [2.24, 2.45) is 0 Å². The van der Waals surface area contributed by atoms with E-state index in [1.807, 2.05) is 34.9 Å². The Morgan fingerprint density at radius 3 is 2.44 bits per heavy atom. The number of carbonyl (C=O) groups excluding carboxylic acids is 1. The van der Waals surface area contributed by atoms with Gasteiger partial charge in [0.2, 0.25) is 0 Å². The fraction of sp³-hybridized carbons (Fsp3) is 0.211. The zero-order valence-electron chi connectivity index (χ0n) is 14.3. The van der Waals surface area contributed by atoms with Gasteiger partial charge < -0.3 is 0 Å². The number of hydrogen-bond acceptors (Lipinski definition) is 6.